The van der Waals surface area contributed by atoms with Crippen LogP contribution in [0.1, 0.15) is 27.7 Å². The number of hydrogen-bond acceptors (Lipinski definition) is 6. The zero-order chi connectivity index (χ0) is 17.8. The molecule has 134 valence electrons. The Morgan fingerprint density at radius 2 is 1.33 bits per heavy atom. The maximum Gasteiger partial charge on any atom is 0.679 e. The van der Waals surface area contributed by atoms with Crippen LogP contribution in [0.5, 0.6) is 5.75 Å². The predicted octanol–water partition coefficient (Wildman–Crippen LogP) is 3.51. The monoisotopic (exact) mass is 353 g/mol. The number of hydrogen-bond donors (Lipinski definition) is 1. The smallest absolute Gasteiger partial charge is 0.506 e. The molecule has 2 aromatic rings. The molecule has 0 aliphatic heterocycles. The van der Waals surface area contributed by atoms with E-state index in [0.717, 1.165) is 5.39 Å². The number of phenolic OH excluding ortho intramolecular Hbond substituents is 1. The molecule has 2 rings (SSSR count). The van der Waals surface area contributed by atoms with E-state index >= 15 is 0 Å². The fourth-order valence-corrected chi connectivity index (χ4v) is 3.96. The lowest BCUT2D eigenvalue weighted by atomic mass is 10.2. The van der Waals surface area contributed by atoms with Gasteiger partial charge in [-0.05, 0) is 39.8 Å². The quantitative estimate of drug-likeness (QED) is 0.732. The lowest BCUT2D eigenvalue weighted by molar-refractivity contribution is -0.0247. The Morgan fingerprint density at radius 1 is 0.833 bits per heavy atom. The topological polar surface area (TPSA) is 70.0 Å². The van der Waals surface area contributed by atoms with E-state index in [0.29, 0.717) is 31.9 Å². The first kappa shape index (κ1) is 20.5. The number of aromatic nitrogens is 1. The largest absolute Gasteiger partial charge is 0.679 e. The van der Waals surface area contributed by atoms with Gasteiger partial charge in [-0.2, -0.15) is 0 Å². The first-order valence-electron chi connectivity index (χ1n) is 8.20. The van der Waals surface area contributed by atoms with Crippen molar-refractivity contribution in [1.82, 2.24) is 4.98 Å². The number of nitrogens with zero attached hydrogens (tertiary/aromatic N) is 1. The van der Waals surface area contributed by atoms with Gasteiger partial charge in [0.05, 0.1) is 0 Å². The summed E-state index contributed by atoms with van der Waals surface area (Å²) in [5, 5.41) is 10.3. The van der Waals surface area contributed by atoms with E-state index < -0.39 is 9.05 Å². The molecule has 0 unspecified atom stereocenters. The minimum absolute atomic E-state index is 0.239. The number of benzene rings is 1. The summed E-state index contributed by atoms with van der Waals surface area (Å²) in [7, 11) is -2.80. The van der Waals surface area contributed by atoms with Gasteiger partial charge in [0.1, 0.15) is 11.3 Å². The van der Waals surface area contributed by atoms with Crippen molar-refractivity contribution in [2.45, 2.75) is 27.7 Å². The second-order valence-corrected chi connectivity index (χ2v) is 6.74. The third-order valence-electron chi connectivity index (χ3n) is 2.90. The molecule has 1 N–H and O–H groups in total. The van der Waals surface area contributed by atoms with Crippen LogP contribution < -0.4 is 0 Å². The Morgan fingerprint density at radius 3 is 1.79 bits per heavy atom. The number of pyridine rings is 1. The molecule has 0 spiro atoms. The molecular formula is C17H27NO5Si. The van der Waals surface area contributed by atoms with Crippen molar-refractivity contribution >= 4 is 20.0 Å². The van der Waals surface area contributed by atoms with Gasteiger partial charge in [0.2, 0.25) is 0 Å². The maximum atomic E-state index is 9.31. The average Bonchev–Trinajstić information content (AvgIpc) is 2.57. The van der Waals surface area contributed by atoms with E-state index in [9.17, 15) is 5.11 Å². The van der Waals surface area contributed by atoms with Gasteiger partial charge in [-0.15, -0.1) is 0 Å². The fourth-order valence-electron chi connectivity index (χ4n) is 2.05. The average molecular weight is 353 g/mol. The summed E-state index contributed by atoms with van der Waals surface area (Å²) in [4.78, 5) is 4.03. The number of fused-ring (bicyclic) bond motifs is 1. The highest BCUT2D eigenvalue weighted by atomic mass is 28.4. The predicted molar refractivity (Wildman–Crippen MR) is 95.7 cm³/mol. The zero-order valence-electron chi connectivity index (χ0n) is 14.8. The zero-order valence-corrected chi connectivity index (χ0v) is 15.8. The summed E-state index contributed by atoms with van der Waals surface area (Å²) in [5.41, 5.74) is 0.662. The van der Waals surface area contributed by atoms with Crippen LogP contribution in [0.2, 0.25) is 0 Å². The van der Waals surface area contributed by atoms with Gasteiger partial charge in [-0.1, -0.05) is 18.2 Å². The SMILES string of the molecule is CCO[Si](OCC)(OCC)OCC.Oc1cccc2cccnc12. The molecule has 0 aliphatic rings. The van der Waals surface area contributed by atoms with Gasteiger partial charge in [0.25, 0.3) is 0 Å². The molecule has 0 atom stereocenters. The Labute approximate surface area is 144 Å². The highest BCUT2D eigenvalue weighted by molar-refractivity contribution is 6.53. The third kappa shape index (κ3) is 6.18. The number of aromatic hydroxyl groups is 1. The van der Waals surface area contributed by atoms with E-state index in [1.807, 2.05) is 45.9 Å². The van der Waals surface area contributed by atoms with Crippen LogP contribution in [0.15, 0.2) is 36.5 Å². The van der Waals surface area contributed by atoms with Gasteiger partial charge in [0, 0.05) is 38.0 Å². The number of para-hydroxylation sites is 1. The molecule has 0 bridgehead atoms. The van der Waals surface area contributed by atoms with Crippen LogP contribution in [0.3, 0.4) is 0 Å². The molecule has 6 nitrogen and oxygen atoms in total. The standard InChI is InChI=1S/C9H7NO.C8H20O4Si/c11-8-5-1-3-7-4-2-6-10-9(7)8;1-5-9-13(10-6-2,11-7-3)12-8-4/h1-6,11H;5-8H2,1-4H3. The Balaban J connectivity index is 0.000000242. The van der Waals surface area contributed by atoms with Crippen molar-refractivity contribution < 1.29 is 22.8 Å². The summed E-state index contributed by atoms with van der Waals surface area (Å²) in [5.74, 6) is 0.239. The second-order valence-electron chi connectivity index (χ2n) is 4.58. The van der Waals surface area contributed by atoms with Crippen molar-refractivity contribution in [1.29, 1.82) is 0 Å². The Hall–Kier alpha value is -1.51. The van der Waals surface area contributed by atoms with Crippen molar-refractivity contribution in [3.05, 3.63) is 36.5 Å². The van der Waals surface area contributed by atoms with Crippen LogP contribution in [-0.2, 0) is 17.7 Å². The fraction of sp³-hybridized carbons (Fsp3) is 0.471. The lowest BCUT2D eigenvalue weighted by Crippen LogP contribution is -2.49. The van der Waals surface area contributed by atoms with Gasteiger partial charge >= 0.3 is 9.05 Å². The molecule has 7 heteroatoms. The molecule has 1 heterocycles. The van der Waals surface area contributed by atoms with Crippen molar-refractivity contribution in [3.63, 3.8) is 0 Å². The van der Waals surface area contributed by atoms with Crippen LogP contribution in [-0.4, -0.2) is 45.6 Å². The molecule has 0 saturated heterocycles. The lowest BCUT2D eigenvalue weighted by Gasteiger charge is -2.26. The van der Waals surface area contributed by atoms with E-state index in [1.54, 1.807) is 18.3 Å². The van der Waals surface area contributed by atoms with Crippen LogP contribution in [0.25, 0.3) is 10.9 Å². The summed E-state index contributed by atoms with van der Waals surface area (Å²) in [6.07, 6.45) is 1.67. The maximum absolute atomic E-state index is 9.31. The van der Waals surface area contributed by atoms with Gasteiger partial charge in [0.15, 0.2) is 0 Å². The van der Waals surface area contributed by atoms with Gasteiger partial charge < -0.3 is 22.8 Å². The first-order chi connectivity index (χ1) is 11.6. The van der Waals surface area contributed by atoms with Gasteiger partial charge in [-0.3, -0.25) is 4.98 Å². The number of rotatable bonds is 8. The minimum atomic E-state index is -2.80. The molecule has 24 heavy (non-hydrogen) atoms. The molecule has 0 fully saturated rings. The highest BCUT2D eigenvalue weighted by Crippen LogP contribution is 2.20. The molecular weight excluding hydrogens is 326 g/mol. The number of phenols is 1. The summed E-state index contributed by atoms with van der Waals surface area (Å²) in [6, 6.07) is 9.13. The van der Waals surface area contributed by atoms with Gasteiger partial charge in [-0.25, -0.2) is 0 Å². The third-order valence-corrected chi connectivity index (χ3v) is 5.46. The molecule has 1 aromatic carbocycles. The molecule has 0 saturated carbocycles. The van der Waals surface area contributed by atoms with Crippen molar-refractivity contribution in [2.24, 2.45) is 0 Å². The second kappa shape index (κ2) is 11.1. The molecule has 0 aliphatic carbocycles. The summed E-state index contributed by atoms with van der Waals surface area (Å²) >= 11 is 0. The van der Waals surface area contributed by atoms with Crippen LogP contribution in [0.4, 0.5) is 0 Å². The first-order valence-corrected chi connectivity index (χ1v) is 9.84. The van der Waals surface area contributed by atoms with E-state index in [-0.39, 0.29) is 5.75 Å². The normalized spacial score (nSPS) is 11.2. The van der Waals surface area contributed by atoms with E-state index in [4.69, 9.17) is 17.7 Å². The van der Waals surface area contributed by atoms with Crippen LogP contribution in [0, 0.1) is 0 Å². The Bertz CT molecular complexity index is 561. The van der Waals surface area contributed by atoms with E-state index in [1.165, 1.54) is 0 Å². The minimum Gasteiger partial charge on any atom is -0.506 e. The summed E-state index contributed by atoms with van der Waals surface area (Å²) in [6.45, 7) is 9.80. The molecule has 0 amide bonds. The van der Waals surface area contributed by atoms with Crippen molar-refractivity contribution in [2.75, 3.05) is 26.4 Å². The van der Waals surface area contributed by atoms with Crippen LogP contribution >= 0.6 is 0 Å². The Kier molecular flexibility index (Phi) is 9.51. The van der Waals surface area contributed by atoms with E-state index in [2.05, 4.69) is 4.98 Å². The molecule has 1 aromatic heterocycles. The highest BCUT2D eigenvalue weighted by Gasteiger charge is 2.44. The van der Waals surface area contributed by atoms with Crippen molar-refractivity contribution in [3.8, 4) is 5.75 Å². The molecule has 0 radical (unpaired) electrons. The summed E-state index contributed by atoms with van der Waals surface area (Å²) < 4.78 is 21.7.